The van der Waals surface area contributed by atoms with Crippen molar-refractivity contribution in [2.75, 3.05) is 18.0 Å². The Balaban J connectivity index is 1.34. The maximum atomic E-state index is 11.9. The number of hydrogen-bond acceptors (Lipinski definition) is 4. The first-order valence-electron chi connectivity index (χ1n) is 12.7. The Kier molecular flexibility index (Phi) is 6.92. The van der Waals surface area contributed by atoms with Crippen molar-refractivity contribution < 1.29 is 14.6 Å². The molecule has 36 heavy (non-hydrogen) atoms. The van der Waals surface area contributed by atoms with Crippen molar-refractivity contribution in [3.8, 4) is 5.75 Å². The third kappa shape index (κ3) is 4.67. The predicted octanol–water partition coefficient (Wildman–Crippen LogP) is 6.74. The van der Waals surface area contributed by atoms with Crippen LogP contribution in [0.3, 0.4) is 0 Å². The molecule has 0 spiro atoms. The first-order chi connectivity index (χ1) is 17.6. The Morgan fingerprint density at radius 3 is 2.56 bits per heavy atom. The summed E-state index contributed by atoms with van der Waals surface area (Å²) in [6.45, 7) is 5.68. The molecule has 1 aliphatic heterocycles. The highest BCUT2D eigenvalue weighted by atomic mass is 16.5. The summed E-state index contributed by atoms with van der Waals surface area (Å²) in [6, 6.07) is 28.7. The molecular weight excluding hydrogens is 448 g/mol. The molecule has 4 aromatic carbocycles. The van der Waals surface area contributed by atoms with E-state index < -0.39 is 5.97 Å². The van der Waals surface area contributed by atoms with E-state index in [1.54, 1.807) is 6.07 Å². The third-order valence-electron chi connectivity index (χ3n) is 7.07. The zero-order valence-electron chi connectivity index (χ0n) is 20.8. The van der Waals surface area contributed by atoms with Crippen LogP contribution in [0.5, 0.6) is 5.75 Å². The van der Waals surface area contributed by atoms with E-state index in [-0.39, 0.29) is 12.1 Å². The van der Waals surface area contributed by atoms with Crippen molar-refractivity contribution in [3.63, 3.8) is 0 Å². The summed E-state index contributed by atoms with van der Waals surface area (Å²) in [7, 11) is 0. The molecular formula is C31H32N2O3. The van der Waals surface area contributed by atoms with Crippen molar-refractivity contribution in [2.24, 2.45) is 0 Å². The van der Waals surface area contributed by atoms with Gasteiger partial charge in [-0.15, -0.1) is 0 Å². The third-order valence-corrected chi connectivity index (χ3v) is 7.07. The quantitative estimate of drug-likeness (QED) is 0.292. The van der Waals surface area contributed by atoms with Crippen LogP contribution in [0.15, 0.2) is 84.9 Å². The lowest BCUT2D eigenvalue weighted by atomic mass is 9.99. The summed E-state index contributed by atoms with van der Waals surface area (Å²) >= 11 is 0. The van der Waals surface area contributed by atoms with Gasteiger partial charge in [0.1, 0.15) is 11.9 Å². The Bertz CT molecular complexity index is 1380. The van der Waals surface area contributed by atoms with Crippen molar-refractivity contribution >= 4 is 28.1 Å². The second-order valence-corrected chi connectivity index (χ2v) is 9.31. The molecule has 0 saturated heterocycles. The van der Waals surface area contributed by atoms with E-state index in [9.17, 15) is 9.90 Å². The van der Waals surface area contributed by atoms with Crippen LogP contribution in [-0.2, 0) is 6.42 Å². The lowest BCUT2D eigenvalue weighted by Gasteiger charge is -2.37. The summed E-state index contributed by atoms with van der Waals surface area (Å²) < 4.78 is 6.39. The normalized spacial score (nSPS) is 15.8. The van der Waals surface area contributed by atoms with Gasteiger partial charge in [0, 0.05) is 11.7 Å². The minimum Gasteiger partial charge on any atom is -0.486 e. The van der Waals surface area contributed by atoms with Crippen LogP contribution in [0, 0.1) is 0 Å². The largest absolute Gasteiger partial charge is 0.486 e. The molecule has 0 aliphatic carbocycles. The van der Waals surface area contributed by atoms with Crippen LogP contribution in [0.4, 0.5) is 11.4 Å². The molecule has 2 N–H and O–H groups in total. The summed E-state index contributed by atoms with van der Waals surface area (Å²) in [6.07, 6.45) is 1.46. The molecule has 0 radical (unpaired) electrons. The number of nitrogens with one attached hydrogen (secondary N) is 1. The lowest BCUT2D eigenvalue weighted by Crippen LogP contribution is -2.39. The van der Waals surface area contributed by atoms with Crippen molar-refractivity contribution in [3.05, 3.63) is 102 Å². The molecule has 1 aliphatic rings. The highest BCUT2D eigenvalue weighted by Crippen LogP contribution is 2.40. The number of ether oxygens (including phenoxy) is 1. The highest BCUT2D eigenvalue weighted by molar-refractivity contribution is 5.92. The van der Waals surface area contributed by atoms with Gasteiger partial charge in [0.25, 0.3) is 0 Å². The summed E-state index contributed by atoms with van der Waals surface area (Å²) in [4.78, 5) is 14.1. The molecule has 1 unspecified atom stereocenters. The number of aromatic carboxylic acids is 1. The second kappa shape index (κ2) is 10.4. The minimum absolute atomic E-state index is 0.0229. The van der Waals surface area contributed by atoms with Gasteiger partial charge in [-0.25, -0.2) is 4.79 Å². The smallest absolute Gasteiger partial charge is 0.336 e. The van der Waals surface area contributed by atoms with Crippen molar-refractivity contribution in [2.45, 2.75) is 38.8 Å². The number of benzene rings is 4. The maximum absolute atomic E-state index is 11.9. The van der Waals surface area contributed by atoms with Crippen molar-refractivity contribution in [1.82, 2.24) is 5.32 Å². The fraction of sp³-hybridized carbons (Fsp3) is 0.258. The average molecular weight is 481 g/mol. The molecule has 1 heterocycles. The van der Waals surface area contributed by atoms with Crippen molar-refractivity contribution in [1.29, 1.82) is 0 Å². The topological polar surface area (TPSA) is 61.8 Å². The summed E-state index contributed by atoms with van der Waals surface area (Å²) in [5.41, 5.74) is 4.42. The van der Waals surface area contributed by atoms with E-state index in [1.807, 2.05) is 43.3 Å². The number of fused-ring (bicyclic) bond motifs is 2. The number of carboxylic acids is 1. The Morgan fingerprint density at radius 2 is 1.72 bits per heavy atom. The SMILES string of the molecule is CCc1c(C(=O)O)cccc1N1CC(CCN[C@H](C)c2cccc3ccccc23)Oc2ccccc21. The summed E-state index contributed by atoms with van der Waals surface area (Å²) in [5.74, 6) is -0.0583. The lowest BCUT2D eigenvalue weighted by molar-refractivity contribution is 0.0695. The molecule has 0 aromatic heterocycles. The molecule has 0 bridgehead atoms. The first-order valence-corrected chi connectivity index (χ1v) is 12.7. The maximum Gasteiger partial charge on any atom is 0.336 e. The van der Waals surface area contributed by atoms with E-state index in [4.69, 9.17) is 4.74 Å². The molecule has 2 atom stereocenters. The number of nitrogens with zero attached hydrogens (tertiary/aromatic N) is 1. The number of anilines is 2. The van der Waals surface area contributed by atoms with Gasteiger partial charge in [-0.3, -0.25) is 0 Å². The molecule has 4 aromatic rings. The van der Waals surface area contributed by atoms with Gasteiger partial charge in [0.05, 0.1) is 17.8 Å². The molecule has 5 heteroatoms. The Hall–Kier alpha value is -3.83. The molecule has 0 fully saturated rings. The zero-order chi connectivity index (χ0) is 25.1. The fourth-order valence-electron chi connectivity index (χ4n) is 5.28. The van der Waals surface area contributed by atoms with E-state index >= 15 is 0 Å². The molecule has 5 rings (SSSR count). The van der Waals surface area contributed by atoms with Gasteiger partial charge in [-0.05, 0) is 72.5 Å². The molecule has 184 valence electrons. The predicted molar refractivity (Wildman–Crippen MR) is 146 cm³/mol. The Morgan fingerprint density at radius 1 is 1.00 bits per heavy atom. The average Bonchev–Trinajstić information content (AvgIpc) is 2.91. The molecule has 0 saturated carbocycles. The van der Waals surface area contributed by atoms with E-state index in [1.165, 1.54) is 16.3 Å². The molecule has 5 nitrogen and oxygen atoms in total. The molecule has 0 amide bonds. The summed E-state index contributed by atoms with van der Waals surface area (Å²) in [5, 5.41) is 16.0. The van der Waals surface area contributed by atoms with Crippen LogP contribution < -0.4 is 15.0 Å². The van der Waals surface area contributed by atoms with Gasteiger partial charge < -0.3 is 20.1 Å². The van der Waals surface area contributed by atoms with Crippen LogP contribution >= 0.6 is 0 Å². The number of carbonyl (C=O) groups is 1. The monoisotopic (exact) mass is 480 g/mol. The number of rotatable bonds is 8. The van der Waals surface area contributed by atoms with Gasteiger partial charge in [0.2, 0.25) is 0 Å². The van der Waals surface area contributed by atoms with Gasteiger partial charge in [-0.2, -0.15) is 0 Å². The van der Waals surface area contributed by atoms with E-state index in [0.29, 0.717) is 18.5 Å². The van der Waals surface area contributed by atoms with Gasteiger partial charge in [0.15, 0.2) is 0 Å². The minimum atomic E-state index is -0.890. The highest BCUT2D eigenvalue weighted by Gasteiger charge is 2.28. The Labute approximate surface area is 212 Å². The second-order valence-electron chi connectivity index (χ2n) is 9.31. The standard InChI is InChI=1S/C31H32N2O3/c1-3-24-27(31(34)35)14-9-16-28(24)33-20-23(36-30-17-7-6-15-29(30)33)18-19-32-21(2)25-13-8-11-22-10-4-5-12-26(22)25/h4-17,21,23,32H,3,18-20H2,1-2H3,(H,34,35)/t21-,23?/m1/s1. The number of para-hydroxylation sites is 2. The zero-order valence-corrected chi connectivity index (χ0v) is 20.8. The van der Waals surface area contributed by atoms with Gasteiger partial charge in [-0.1, -0.05) is 67.6 Å². The van der Waals surface area contributed by atoms with Crippen LogP contribution in [0.1, 0.15) is 47.8 Å². The van der Waals surface area contributed by atoms with E-state index in [0.717, 1.165) is 35.7 Å². The number of hydrogen-bond donors (Lipinski definition) is 2. The fourth-order valence-corrected chi connectivity index (χ4v) is 5.28. The van der Waals surface area contributed by atoms with E-state index in [2.05, 4.69) is 59.6 Å². The van der Waals surface area contributed by atoms with Crippen LogP contribution in [0.2, 0.25) is 0 Å². The number of carboxylic acid groups (broad SMARTS) is 1. The van der Waals surface area contributed by atoms with Crippen LogP contribution in [-0.4, -0.2) is 30.3 Å². The van der Waals surface area contributed by atoms with Crippen LogP contribution in [0.25, 0.3) is 10.8 Å². The van der Waals surface area contributed by atoms with Gasteiger partial charge >= 0.3 is 5.97 Å². The first kappa shape index (κ1) is 23.9.